The Bertz CT molecular complexity index is 539. The van der Waals surface area contributed by atoms with Crippen LogP contribution in [0.25, 0.3) is 0 Å². The third-order valence-electron chi connectivity index (χ3n) is 4.91. The number of rotatable bonds is 5. The first-order chi connectivity index (χ1) is 10.8. The summed E-state index contributed by atoms with van der Waals surface area (Å²) in [5, 5.41) is 3.44. The highest BCUT2D eigenvalue weighted by Crippen LogP contribution is 2.46. The van der Waals surface area contributed by atoms with Crippen LogP contribution in [-0.4, -0.2) is 45.0 Å². The van der Waals surface area contributed by atoms with Gasteiger partial charge in [-0.1, -0.05) is 12.8 Å². The molecule has 5 nitrogen and oxygen atoms in total. The van der Waals surface area contributed by atoms with Crippen LogP contribution in [0.4, 0.5) is 0 Å². The molecule has 2 heterocycles. The molecule has 4 rings (SSSR count). The van der Waals surface area contributed by atoms with Gasteiger partial charge in [0.2, 0.25) is 12.5 Å². The highest BCUT2D eigenvalue weighted by Gasteiger charge is 2.32. The lowest BCUT2D eigenvalue weighted by atomic mass is 9.97. The molecule has 120 valence electrons. The molecular formula is C17H24N2O3. The first kappa shape index (κ1) is 14.2. The summed E-state index contributed by atoms with van der Waals surface area (Å²) >= 11 is 0. The molecule has 2 fully saturated rings. The normalized spacial score (nSPS) is 22.6. The minimum absolute atomic E-state index is 0.288. The maximum absolute atomic E-state index is 5.61. The van der Waals surface area contributed by atoms with Crippen molar-refractivity contribution in [3.8, 4) is 17.2 Å². The molecule has 1 saturated carbocycles. The quantitative estimate of drug-likeness (QED) is 0.903. The van der Waals surface area contributed by atoms with Gasteiger partial charge in [0.05, 0.1) is 7.11 Å². The van der Waals surface area contributed by atoms with Crippen LogP contribution in [-0.2, 0) is 0 Å². The molecule has 2 aliphatic heterocycles. The Labute approximate surface area is 131 Å². The van der Waals surface area contributed by atoms with Gasteiger partial charge in [0.1, 0.15) is 0 Å². The highest BCUT2D eigenvalue weighted by molar-refractivity contribution is 5.55. The average molecular weight is 304 g/mol. The third-order valence-corrected chi connectivity index (χ3v) is 4.91. The monoisotopic (exact) mass is 304 g/mol. The molecule has 0 amide bonds. The maximum atomic E-state index is 5.61. The topological polar surface area (TPSA) is 43.0 Å². The van der Waals surface area contributed by atoms with E-state index in [4.69, 9.17) is 14.2 Å². The van der Waals surface area contributed by atoms with E-state index in [1.165, 1.54) is 24.8 Å². The second-order valence-electron chi connectivity index (χ2n) is 6.44. The Hall–Kier alpha value is -1.46. The van der Waals surface area contributed by atoms with Gasteiger partial charge in [-0.05, 0) is 30.0 Å². The minimum atomic E-state index is 0.288. The average Bonchev–Trinajstić information content (AvgIpc) is 3.27. The standard InChI is InChI=1S/C17H24N2O3/c1-20-15-9-13(10-16-17(15)22-11-21-16)14(8-12-2-3-12)19-6-4-18-5-7-19/h9-10,12,14,18H,2-8,11H2,1H3/t14-/m0/s1. The van der Waals surface area contributed by atoms with Crippen molar-refractivity contribution in [2.45, 2.75) is 25.3 Å². The molecule has 1 atom stereocenters. The molecule has 0 aromatic heterocycles. The van der Waals surface area contributed by atoms with E-state index in [0.717, 1.165) is 49.3 Å². The van der Waals surface area contributed by atoms with Gasteiger partial charge in [-0.3, -0.25) is 4.90 Å². The Balaban J connectivity index is 1.65. The number of hydrogen-bond donors (Lipinski definition) is 1. The van der Waals surface area contributed by atoms with E-state index in [9.17, 15) is 0 Å². The lowest BCUT2D eigenvalue weighted by Crippen LogP contribution is -2.45. The molecule has 1 aliphatic carbocycles. The number of nitrogens with zero attached hydrogens (tertiary/aromatic N) is 1. The molecule has 5 heteroatoms. The SMILES string of the molecule is COc1cc([C@H](CC2CC2)N2CCNCC2)cc2c1OCO2. The number of nitrogens with one attached hydrogen (secondary N) is 1. The van der Waals surface area contributed by atoms with Gasteiger partial charge < -0.3 is 19.5 Å². The van der Waals surface area contributed by atoms with Gasteiger partial charge in [-0.25, -0.2) is 0 Å². The maximum Gasteiger partial charge on any atom is 0.231 e. The van der Waals surface area contributed by atoms with Crippen LogP contribution in [0.5, 0.6) is 17.2 Å². The molecule has 3 aliphatic rings. The summed E-state index contributed by atoms with van der Waals surface area (Å²) in [6.07, 6.45) is 4.00. The zero-order valence-electron chi connectivity index (χ0n) is 13.1. The fourth-order valence-electron chi connectivity index (χ4n) is 3.50. The number of methoxy groups -OCH3 is 1. The first-order valence-electron chi connectivity index (χ1n) is 8.27. The van der Waals surface area contributed by atoms with Crippen molar-refractivity contribution in [3.05, 3.63) is 17.7 Å². The Morgan fingerprint density at radius 1 is 1.27 bits per heavy atom. The van der Waals surface area contributed by atoms with Crippen molar-refractivity contribution >= 4 is 0 Å². The van der Waals surface area contributed by atoms with E-state index < -0.39 is 0 Å². The minimum Gasteiger partial charge on any atom is -0.493 e. The van der Waals surface area contributed by atoms with Crippen LogP contribution >= 0.6 is 0 Å². The van der Waals surface area contributed by atoms with Gasteiger partial charge in [0.15, 0.2) is 11.5 Å². The molecule has 0 radical (unpaired) electrons. The van der Waals surface area contributed by atoms with Crippen LogP contribution in [0.3, 0.4) is 0 Å². The first-order valence-corrected chi connectivity index (χ1v) is 8.27. The predicted molar refractivity (Wildman–Crippen MR) is 83.6 cm³/mol. The second-order valence-corrected chi connectivity index (χ2v) is 6.44. The number of fused-ring (bicyclic) bond motifs is 1. The molecule has 1 N–H and O–H groups in total. The van der Waals surface area contributed by atoms with Gasteiger partial charge in [0, 0.05) is 32.2 Å². The van der Waals surface area contributed by atoms with Gasteiger partial charge in [-0.15, -0.1) is 0 Å². The third kappa shape index (κ3) is 2.75. The van der Waals surface area contributed by atoms with Crippen LogP contribution in [0.15, 0.2) is 12.1 Å². The van der Waals surface area contributed by atoms with Crippen molar-refractivity contribution in [2.75, 3.05) is 40.1 Å². The van der Waals surface area contributed by atoms with E-state index in [1.807, 2.05) is 0 Å². The summed E-state index contributed by atoms with van der Waals surface area (Å²) in [5.74, 6) is 3.25. The van der Waals surface area contributed by atoms with Gasteiger partial charge in [-0.2, -0.15) is 0 Å². The molecule has 1 saturated heterocycles. The second kappa shape index (κ2) is 5.97. The van der Waals surface area contributed by atoms with E-state index in [-0.39, 0.29) is 6.79 Å². The lowest BCUT2D eigenvalue weighted by Gasteiger charge is -2.35. The Kier molecular flexibility index (Phi) is 3.84. The Morgan fingerprint density at radius 2 is 2.09 bits per heavy atom. The van der Waals surface area contributed by atoms with Crippen molar-refractivity contribution < 1.29 is 14.2 Å². The zero-order chi connectivity index (χ0) is 14.9. The predicted octanol–water partition coefficient (Wildman–Crippen LogP) is 2.17. The van der Waals surface area contributed by atoms with Crippen molar-refractivity contribution in [2.24, 2.45) is 5.92 Å². The van der Waals surface area contributed by atoms with Crippen LogP contribution in [0, 0.1) is 5.92 Å². The van der Waals surface area contributed by atoms with Crippen LogP contribution < -0.4 is 19.5 Å². The summed E-state index contributed by atoms with van der Waals surface area (Å²) in [6, 6.07) is 4.75. The van der Waals surface area contributed by atoms with Crippen LogP contribution in [0.1, 0.15) is 30.9 Å². The summed E-state index contributed by atoms with van der Waals surface area (Å²) in [5.41, 5.74) is 1.30. The number of ether oxygens (including phenoxy) is 3. The van der Waals surface area contributed by atoms with Crippen molar-refractivity contribution in [3.63, 3.8) is 0 Å². The van der Waals surface area contributed by atoms with Crippen molar-refractivity contribution in [1.29, 1.82) is 0 Å². The van der Waals surface area contributed by atoms with Gasteiger partial charge >= 0.3 is 0 Å². The molecule has 1 aromatic carbocycles. The molecular weight excluding hydrogens is 280 g/mol. The molecule has 0 spiro atoms. The molecule has 22 heavy (non-hydrogen) atoms. The fourth-order valence-corrected chi connectivity index (χ4v) is 3.50. The van der Waals surface area contributed by atoms with E-state index in [2.05, 4.69) is 22.3 Å². The summed E-state index contributed by atoms with van der Waals surface area (Å²) in [4.78, 5) is 2.60. The summed E-state index contributed by atoms with van der Waals surface area (Å²) in [7, 11) is 1.70. The molecule has 1 aromatic rings. The summed E-state index contributed by atoms with van der Waals surface area (Å²) in [6.45, 7) is 4.64. The number of benzene rings is 1. The van der Waals surface area contributed by atoms with Crippen LogP contribution in [0.2, 0.25) is 0 Å². The smallest absolute Gasteiger partial charge is 0.231 e. The summed E-state index contributed by atoms with van der Waals surface area (Å²) < 4.78 is 16.6. The van der Waals surface area contributed by atoms with E-state index in [1.54, 1.807) is 7.11 Å². The zero-order valence-corrected chi connectivity index (χ0v) is 13.1. The highest BCUT2D eigenvalue weighted by atomic mass is 16.7. The van der Waals surface area contributed by atoms with Crippen molar-refractivity contribution in [1.82, 2.24) is 10.2 Å². The largest absolute Gasteiger partial charge is 0.493 e. The Morgan fingerprint density at radius 3 is 2.82 bits per heavy atom. The fraction of sp³-hybridized carbons (Fsp3) is 0.647. The number of hydrogen-bond acceptors (Lipinski definition) is 5. The molecule has 0 bridgehead atoms. The number of piperazine rings is 1. The van der Waals surface area contributed by atoms with Gasteiger partial charge in [0.25, 0.3) is 0 Å². The lowest BCUT2D eigenvalue weighted by molar-refractivity contribution is 0.159. The molecule has 0 unspecified atom stereocenters. The van der Waals surface area contributed by atoms with E-state index in [0.29, 0.717) is 6.04 Å². The van der Waals surface area contributed by atoms with E-state index >= 15 is 0 Å².